The van der Waals surface area contributed by atoms with Crippen LogP contribution in [0.25, 0.3) is 0 Å². The van der Waals surface area contributed by atoms with Crippen molar-refractivity contribution in [1.29, 1.82) is 0 Å². The Hall–Kier alpha value is -3.09. The van der Waals surface area contributed by atoms with E-state index in [4.69, 9.17) is 9.47 Å². The number of anilines is 1. The van der Waals surface area contributed by atoms with Crippen LogP contribution in [-0.2, 0) is 4.79 Å². The number of carbonyl (C=O) groups is 2. The number of ketones is 1. The summed E-state index contributed by atoms with van der Waals surface area (Å²) in [6, 6.07) is 11.8. The van der Waals surface area contributed by atoms with Gasteiger partial charge in [-0.05, 0) is 37.3 Å². The molecule has 1 saturated heterocycles. The molecule has 0 saturated carbocycles. The number of halogens is 1. The molecule has 1 fully saturated rings. The lowest BCUT2D eigenvalue weighted by Gasteiger charge is -2.36. The molecule has 1 amide bonds. The summed E-state index contributed by atoms with van der Waals surface area (Å²) in [5.74, 6) is 0.666. The Morgan fingerprint density at radius 2 is 1.72 bits per heavy atom. The molecule has 0 bridgehead atoms. The molecule has 7 heteroatoms. The standard InChI is InChI=1S/C22H25FN2O4/c1-16(26)17-7-8-19(18(23)15-17)24-10-12-25(13-11-24)22(27)9-14-29-21-6-4-3-5-20(21)28-2/h3-8,15H,9-14H2,1-2H3. The van der Waals surface area contributed by atoms with E-state index < -0.39 is 5.82 Å². The number of ether oxygens (including phenoxy) is 2. The predicted molar refractivity (Wildman–Crippen MR) is 108 cm³/mol. The number of carbonyl (C=O) groups excluding carboxylic acids is 2. The first kappa shape index (κ1) is 20.6. The number of hydrogen-bond acceptors (Lipinski definition) is 5. The quantitative estimate of drug-likeness (QED) is 0.669. The van der Waals surface area contributed by atoms with Gasteiger partial charge in [0, 0.05) is 31.7 Å². The fourth-order valence-electron chi connectivity index (χ4n) is 3.32. The van der Waals surface area contributed by atoms with Crippen LogP contribution in [0.1, 0.15) is 23.7 Å². The summed E-state index contributed by atoms with van der Waals surface area (Å²) < 4.78 is 25.2. The molecule has 3 rings (SSSR count). The predicted octanol–water partition coefficient (Wildman–Crippen LogP) is 3.15. The Bertz CT molecular complexity index is 879. The molecule has 0 N–H and O–H groups in total. The molecule has 2 aromatic carbocycles. The Kier molecular flexibility index (Phi) is 6.69. The van der Waals surface area contributed by atoms with Gasteiger partial charge in [0.2, 0.25) is 5.91 Å². The first-order valence-electron chi connectivity index (χ1n) is 9.58. The second-order valence-corrected chi connectivity index (χ2v) is 6.84. The molecule has 0 unspecified atom stereocenters. The smallest absolute Gasteiger partial charge is 0.226 e. The van der Waals surface area contributed by atoms with Gasteiger partial charge in [-0.1, -0.05) is 12.1 Å². The molecule has 6 nitrogen and oxygen atoms in total. The van der Waals surface area contributed by atoms with E-state index in [9.17, 15) is 14.0 Å². The minimum absolute atomic E-state index is 0.00643. The first-order chi connectivity index (χ1) is 14.0. The molecule has 1 heterocycles. The van der Waals surface area contributed by atoms with Crippen LogP contribution in [0.3, 0.4) is 0 Å². The number of para-hydroxylation sites is 2. The van der Waals surface area contributed by atoms with Crippen molar-refractivity contribution >= 4 is 17.4 Å². The second-order valence-electron chi connectivity index (χ2n) is 6.84. The normalized spacial score (nSPS) is 13.9. The van der Waals surface area contributed by atoms with Crippen LogP contribution in [0.2, 0.25) is 0 Å². The lowest BCUT2D eigenvalue weighted by Crippen LogP contribution is -2.49. The van der Waals surface area contributed by atoms with E-state index in [0.717, 1.165) is 0 Å². The lowest BCUT2D eigenvalue weighted by atomic mass is 10.1. The van der Waals surface area contributed by atoms with Gasteiger partial charge < -0.3 is 19.3 Å². The van der Waals surface area contributed by atoms with Crippen molar-refractivity contribution in [1.82, 2.24) is 4.90 Å². The number of methoxy groups -OCH3 is 1. The van der Waals surface area contributed by atoms with Gasteiger partial charge in [0.15, 0.2) is 17.3 Å². The minimum Gasteiger partial charge on any atom is -0.493 e. The number of hydrogen-bond donors (Lipinski definition) is 0. The highest BCUT2D eigenvalue weighted by atomic mass is 19.1. The van der Waals surface area contributed by atoms with Gasteiger partial charge in [-0.25, -0.2) is 4.39 Å². The molecule has 29 heavy (non-hydrogen) atoms. The van der Waals surface area contributed by atoms with Crippen molar-refractivity contribution in [2.45, 2.75) is 13.3 Å². The van der Waals surface area contributed by atoms with Crippen LogP contribution < -0.4 is 14.4 Å². The van der Waals surface area contributed by atoms with Crippen LogP contribution in [0.5, 0.6) is 11.5 Å². The zero-order chi connectivity index (χ0) is 20.8. The highest BCUT2D eigenvalue weighted by Gasteiger charge is 2.23. The zero-order valence-corrected chi connectivity index (χ0v) is 16.7. The molecular weight excluding hydrogens is 375 g/mol. The number of amides is 1. The number of benzene rings is 2. The molecule has 0 radical (unpaired) electrons. The number of nitrogens with zero attached hydrogens (tertiary/aromatic N) is 2. The summed E-state index contributed by atoms with van der Waals surface area (Å²) in [5, 5.41) is 0. The highest BCUT2D eigenvalue weighted by Crippen LogP contribution is 2.26. The molecule has 2 aromatic rings. The maximum absolute atomic E-state index is 14.3. The first-order valence-corrected chi connectivity index (χ1v) is 9.58. The highest BCUT2D eigenvalue weighted by molar-refractivity contribution is 5.94. The molecule has 1 aliphatic heterocycles. The Labute approximate surface area is 169 Å². The third kappa shape index (κ3) is 5.04. The summed E-state index contributed by atoms with van der Waals surface area (Å²) in [5.41, 5.74) is 0.816. The van der Waals surface area contributed by atoms with Crippen LogP contribution in [0.15, 0.2) is 42.5 Å². The van der Waals surface area contributed by atoms with Crippen LogP contribution in [0.4, 0.5) is 10.1 Å². The molecule has 0 spiro atoms. The van der Waals surface area contributed by atoms with E-state index in [0.29, 0.717) is 48.9 Å². The molecule has 1 aliphatic rings. The molecule has 0 aromatic heterocycles. The van der Waals surface area contributed by atoms with E-state index in [-0.39, 0.29) is 24.7 Å². The topological polar surface area (TPSA) is 59.1 Å². The van der Waals surface area contributed by atoms with Gasteiger partial charge >= 0.3 is 0 Å². The Balaban J connectivity index is 1.49. The molecule has 0 aliphatic carbocycles. The summed E-state index contributed by atoms with van der Waals surface area (Å²) in [7, 11) is 1.57. The lowest BCUT2D eigenvalue weighted by molar-refractivity contribution is -0.132. The summed E-state index contributed by atoms with van der Waals surface area (Å²) in [4.78, 5) is 27.5. The third-order valence-corrected chi connectivity index (χ3v) is 4.97. The maximum Gasteiger partial charge on any atom is 0.226 e. The van der Waals surface area contributed by atoms with Gasteiger partial charge in [-0.15, -0.1) is 0 Å². The van der Waals surface area contributed by atoms with Gasteiger partial charge in [0.05, 0.1) is 25.8 Å². The molecule has 154 valence electrons. The van der Waals surface area contributed by atoms with E-state index in [1.165, 1.54) is 13.0 Å². The fraction of sp³-hybridized carbons (Fsp3) is 0.364. The Morgan fingerprint density at radius 3 is 2.34 bits per heavy atom. The Morgan fingerprint density at radius 1 is 1.03 bits per heavy atom. The fourth-order valence-corrected chi connectivity index (χ4v) is 3.32. The summed E-state index contributed by atoms with van der Waals surface area (Å²) >= 11 is 0. The maximum atomic E-state index is 14.3. The number of rotatable bonds is 7. The monoisotopic (exact) mass is 400 g/mol. The van der Waals surface area contributed by atoms with Crippen molar-refractivity contribution in [3.8, 4) is 11.5 Å². The largest absolute Gasteiger partial charge is 0.493 e. The van der Waals surface area contributed by atoms with Gasteiger partial charge in [-0.2, -0.15) is 0 Å². The van der Waals surface area contributed by atoms with Crippen molar-refractivity contribution in [3.05, 3.63) is 53.8 Å². The van der Waals surface area contributed by atoms with Crippen molar-refractivity contribution in [2.24, 2.45) is 0 Å². The van der Waals surface area contributed by atoms with Gasteiger partial charge in [-0.3, -0.25) is 9.59 Å². The van der Waals surface area contributed by atoms with Crippen molar-refractivity contribution in [2.75, 3.05) is 44.8 Å². The molecule has 0 atom stereocenters. The second kappa shape index (κ2) is 9.41. The van der Waals surface area contributed by atoms with Gasteiger partial charge in [0.1, 0.15) is 5.82 Å². The van der Waals surface area contributed by atoms with Crippen molar-refractivity contribution in [3.63, 3.8) is 0 Å². The van der Waals surface area contributed by atoms with Crippen LogP contribution in [-0.4, -0.2) is 56.5 Å². The van der Waals surface area contributed by atoms with E-state index in [2.05, 4.69) is 0 Å². The van der Waals surface area contributed by atoms with Crippen molar-refractivity contribution < 1.29 is 23.5 Å². The summed E-state index contributed by atoms with van der Waals surface area (Å²) in [6.07, 6.45) is 0.264. The van der Waals surface area contributed by atoms with Crippen LogP contribution in [0, 0.1) is 5.82 Å². The van der Waals surface area contributed by atoms with E-state index in [1.807, 2.05) is 17.0 Å². The zero-order valence-electron chi connectivity index (χ0n) is 16.7. The van der Waals surface area contributed by atoms with E-state index >= 15 is 0 Å². The molecular formula is C22H25FN2O4. The summed E-state index contributed by atoms with van der Waals surface area (Å²) in [6.45, 7) is 3.78. The van der Waals surface area contributed by atoms with Crippen LogP contribution >= 0.6 is 0 Å². The number of Topliss-reactive ketones (excluding diaryl/α,β-unsaturated/α-hetero) is 1. The average molecular weight is 400 g/mol. The third-order valence-electron chi connectivity index (χ3n) is 4.97. The minimum atomic E-state index is -0.414. The van der Waals surface area contributed by atoms with Gasteiger partial charge in [0.25, 0.3) is 0 Å². The average Bonchev–Trinajstić information content (AvgIpc) is 2.74. The van der Waals surface area contributed by atoms with E-state index in [1.54, 1.807) is 36.3 Å². The number of piperazine rings is 1. The SMILES string of the molecule is COc1ccccc1OCCC(=O)N1CCN(c2ccc(C(C)=O)cc2F)CC1.